The van der Waals surface area contributed by atoms with Gasteiger partial charge in [0, 0.05) is 5.92 Å². The SMILES string of the molecule is Cl.O=C(O)c1snnc1C1CC1. The molecule has 0 radical (unpaired) electrons. The topological polar surface area (TPSA) is 63.1 Å². The highest BCUT2D eigenvalue weighted by molar-refractivity contribution is 7.07. The van der Waals surface area contributed by atoms with Gasteiger partial charge in [0.2, 0.25) is 0 Å². The molecule has 1 aliphatic rings. The summed E-state index contributed by atoms with van der Waals surface area (Å²) in [5, 5.41) is 12.4. The van der Waals surface area contributed by atoms with E-state index in [1.165, 1.54) is 0 Å². The Labute approximate surface area is 79.2 Å². The fourth-order valence-electron chi connectivity index (χ4n) is 0.970. The van der Waals surface area contributed by atoms with Crippen molar-refractivity contribution in [2.45, 2.75) is 18.8 Å². The first-order chi connectivity index (χ1) is 5.29. The van der Waals surface area contributed by atoms with Crippen LogP contribution in [-0.2, 0) is 0 Å². The van der Waals surface area contributed by atoms with E-state index in [1.54, 1.807) is 0 Å². The fraction of sp³-hybridized carbons (Fsp3) is 0.500. The van der Waals surface area contributed by atoms with Crippen molar-refractivity contribution in [1.82, 2.24) is 9.59 Å². The standard InChI is InChI=1S/C6H6N2O2S.ClH/c9-6(10)5-4(3-1-2-3)7-8-11-5;/h3H,1-2H2,(H,9,10);1H. The quantitative estimate of drug-likeness (QED) is 0.797. The summed E-state index contributed by atoms with van der Waals surface area (Å²) < 4.78 is 3.62. The number of aromatic nitrogens is 2. The first-order valence-electron chi connectivity index (χ1n) is 3.34. The summed E-state index contributed by atoms with van der Waals surface area (Å²) in [7, 11) is 0. The maximum atomic E-state index is 10.5. The van der Waals surface area contributed by atoms with E-state index in [0.29, 0.717) is 16.5 Å². The van der Waals surface area contributed by atoms with Gasteiger partial charge in [-0.3, -0.25) is 0 Å². The van der Waals surface area contributed by atoms with Crippen molar-refractivity contribution in [1.29, 1.82) is 0 Å². The molecule has 66 valence electrons. The van der Waals surface area contributed by atoms with Crippen LogP contribution in [0.25, 0.3) is 0 Å². The Morgan fingerprint density at radius 2 is 2.25 bits per heavy atom. The Morgan fingerprint density at radius 1 is 1.58 bits per heavy atom. The largest absolute Gasteiger partial charge is 0.477 e. The summed E-state index contributed by atoms with van der Waals surface area (Å²) in [6.07, 6.45) is 2.12. The van der Waals surface area contributed by atoms with Crippen molar-refractivity contribution in [2.24, 2.45) is 0 Å². The summed E-state index contributed by atoms with van der Waals surface area (Å²) in [4.78, 5) is 10.9. The lowest BCUT2D eigenvalue weighted by atomic mass is 10.2. The molecule has 0 bridgehead atoms. The minimum Gasteiger partial charge on any atom is -0.477 e. The van der Waals surface area contributed by atoms with Crippen molar-refractivity contribution in [3.05, 3.63) is 10.6 Å². The summed E-state index contributed by atoms with van der Waals surface area (Å²) >= 11 is 0.965. The third-order valence-electron chi connectivity index (χ3n) is 1.67. The van der Waals surface area contributed by atoms with E-state index in [2.05, 4.69) is 9.59 Å². The number of hydrogen-bond acceptors (Lipinski definition) is 4. The molecule has 0 atom stereocenters. The van der Waals surface area contributed by atoms with Crippen LogP contribution in [0.4, 0.5) is 0 Å². The highest BCUT2D eigenvalue weighted by Crippen LogP contribution is 2.41. The van der Waals surface area contributed by atoms with E-state index in [-0.39, 0.29) is 12.4 Å². The lowest BCUT2D eigenvalue weighted by molar-refractivity contribution is 0.0700. The van der Waals surface area contributed by atoms with Crippen molar-refractivity contribution < 1.29 is 9.90 Å². The number of nitrogens with zero attached hydrogens (tertiary/aromatic N) is 2. The second-order valence-electron chi connectivity index (χ2n) is 2.57. The van der Waals surface area contributed by atoms with E-state index in [1.807, 2.05) is 0 Å². The Bertz CT molecular complexity index is 297. The van der Waals surface area contributed by atoms with Crippen LogP contribution in [0.2, 0.25) is 0 Å². The molecule has 0 aliphatic heterocycles. The van der Waals surface area contributed by atoms with E-state index in [0.717, 1.165) is 24.4 Å². The molecular formula is C6H7ClN2O2S. The molecule has 1 N–H and O–H groups in total. The molecule has 2 rings (SSSR count). The zero-order valence-corrected chi connectivity index (χ0v) is 7.69. The maximum Gasteiger partial charge on any atom is 0.349 e. The predicted molar refractivity (Wildman–Crippen MR) is 46.1 cm³/mol. The van der Waals surface area contributed by atoms with Crippen molar-refractivity contribution in [3.8, 4) is 0 Å². The smallest absolute Gasteiger partial charge is 0.349 e. The average Bonchev–Trinajstić information content (AvgIpc) is 2.68. The first kappa shape index (κ1) is 9.41. The third-order valence-corrected chi connectivity index (χ3v) is 2.40. The van der Waals surface area contributed by atoms with Crippen molar-refractivity contribution >= 4 is 29.9 Å². The van der Waals surface area contributed by atoms with Crippen molar-refractivity contribution in [2.75, 3.05) is 0 Å². The first-order valence-corrected chi connectivity index (χ1v) is 4.12. The fourth-order valence-corrected chi connectivity index (χ4v) is 1.56. The van der Waals surface area contributed by atoms with Gasteiger partial charge in [-0.1, -0.05) is 4.49 Å². The monoisotopic (exact) mass is 206 g/mol. The third kappa shape index (κ3) is 1.56. The second kappa shape index (κ2) is 3.37. The van der Waals surface area contributed by atoms with Gasteiger partial charge >= 0.3 is 5.97 Å². The van der Waals surface area contributed by atoms with Gasteiger partial charge in [-0.15, -0.1) is 17.5 Å². The van der Waals surface area contributed by atoms with Crippen LogP contribution in [0.15, 0.2) is 0 Å². The van der Waals surface area contributed by atoms with Crippen LogP contribution in [0.5, 0.6) is 0 Å². The average molecular weight is 207 g/mol. The molecule has 0 spiro atoms. The molecule has 1 aromatic heterocycles. The van der Waals surface area contributed by atoms with E-state index in [4.69, 9.17) is 5.11 Å². The van der Waals surface area contributed by atoms with Crippen LogP contribution >= 0.6 is 23.9 Å². The lowest BCUT2D eigenvalue weighted by Crippen LogP contribution is -1.97. The van der Waals surface area contributed by atoms with Crippen LogP contribution in [-0.4, -0.2) is 20.7 Å². The molecule has 6 heteroatoms. The highest BCUT2D eigenvalue weighted by Gasteiger charge is 2.31. The number of aromatic carboxylic acids is 1. The van der Waals surface area contributed by atoms with Gasteiger partial charge in [0.05, 0.1) is 5.69 Å². The molecule has 1 heterocycles. The number of hydrogen-bond donors (Lipinski definition) is 1. The molecule has 0 unspecified atom stereocenters. The Kier molecular flexibility index (Phi) is 2.64. The summed E-state index contributed by atoms with van der Waals surface area (Å²) in [5.74, 6) is -0.526. The molecule has 4 nitrogen and oxygen atoms in total. The van der Waals surface area contributed by atoms with Gasteiger partial charge < -0.3 is 5.11 Å². The van der Waals surface area contributed by atoms with E-state index < -0.39 is 5.97 Å². The Hall–Kier alpha value is -0.680. The number of rotatable bonds is 2. The van der Waals surface area contributed by atoms with Gasteiger partial charge in [-0.05, 0) is 24.4 Å². The second-order valence-corrected chi connectivity index (χ2v) is 3.32. The molecule has 1 aromatic rings. The number of halogens is 1. The zero-order valence-electron chi connectivity index (χ0n) is 6.06. The van der Waals surface area contributed by atoms with Gasteiger partial charge in [0.1, 0.15) is 0 Å². The minimum atomic E-state index is -0.901. The maximum absolute atomic E-state index is 10.5. The molecule has 0 aromatic carbocycles. The predicted octanol–water partition coefficient (Wildman–Crippen LogP) is 1.54. The normalized spacial score (nSPS) is 15.3. The molecule has 0 saturated heterocycles. The molecule has 1 saturated carbocycles. The number of carboxylic acids is 1. The molecule has 0 amide bonds. The number of carboxylic acid groups (broad SMARTS) is 1. The molecule has 1 aliphatic carbocycles. The van der Waals surface area contributed by atoms with Gasteiger partial charge in [0.15, 0.2) is 4.88 Å². The highest BCUT2D eigenvalue weighted by atomic mass is 35.5. The molecule has 12 heavy (non-hydrogen) atoms. The van der Waals surface area contributed by atoms with Crippen LogP contribution in [0.3, 0.4) is 0 Å². The Balaban J connectivity index is 0.000000720. The summed E-state index contributed by atoms with van der Waals surface area (Å²) in [6, 6.07) is 0. The molecular weight excluding hydrogens is 200 g/mol. The van der Waals surface area contributed by atoms with Crippen LogP contribution in [0, 0.1) is 0 Å². The van der Waals surface area contributed by atoms with Crippen LogP contribution < -0.4 is 0 Å². The number of carbonyl (C=O) groups is 1. The van der Waals surface area contributed by atoms with Crippen LogP contribution in [0.1, 0.15) is 34.1 Å². The van der Waals surface area contributed by atoms with E-state index >= 15 is 0 Å². The zero-order chi connectivity index (χ0) is 7.84. The van der Waals surface area contributed by atoms with E-state index in [9.17, 15) is 4.79 Å². The molecule has 1 fully saturated rings. The summed E-state index contributed by atoms with van der Waals surface area (Å²) in [6.45, 7) is 0. The van der Waals surface area contributed by atoms with Gasteiger partial charge in [-0.25, -0.2) is 4.79 Å². The van der Waals surface area contributed by atoms with Gasteiger partial charge in [0.25, 0.3) is 0 Å². The lowest BCUT2D eigenvalue weighted by Gasteiger charge is -1.89. The Morgan fingerprint density at radius 3 is 2.75 bits per heavy atom. The summed E-state index contributed by atoms with van der Waals surface area (Å²) in [5.41, 5.74) is 0.683. The van der Waals surface area contributed by atoms with Gasteiger partial charge in [-0.2, -0.15) is 0 Å². The minimum absolute atomic E-state index is 0. The van der Waals surface area contributed by atoms with Crippen molar-refractivity contribution in [3.63, 3.8) is 0 Å².